The Morgan fingerprint density at radius 2 is 1.80 bits per heavy atom. The van der Waals surface area contributed by atoms with Crippen molar-refractivity contribution in [3.63, 3.8) is 0 Å². The summed E-state index contributed by atoms with van der Waals surface area (Å²) in [5.41, 5.74) is 1.96. The third kappa shape index (κ3) is 5.07. The van der Waals surface area contributed by atoms with Gasteiger partial charge in [0.2, 0.25) is 5.91 Å². The lowest BCUT2D eigenvalue weighted by Crippen LogP contribution is -2.24. The number of anilines is 1. The Bertz CT molecular complexity index is 732. The van der Waals surface area contributed by atoms with Crippen LogP contribution in [0.4, 0.5) is 5.69 Å². The largest absolute Gasteiger partial charge is 0.352 e. The van der Waals surface area contributed by atoms with Gasteiger partial charge in [0.25, 0.3) is 5.91 Å². The van der Waals surface area contributed by atoms with Crippen LogP contribution in [0.25, 0.3) is 0 Å². The molecule has 2 aromatic carbocycles. The molecule has 0 fully saturated rings. The maximum atomic E-state index is 12.6. The molecule has 0 bridgehead atoms. The Morgan fingerprint density at radius 3 is 2.40 bits per heavy atom. The first-order valence-electron chi connectivity index (χ1n) is 8.50. The Hall–Kier alpha value is -2.33. The van der Waals surface area contributed by atoms with Gasteiger partial charge in [-0.1, -0.05) is 55.8 Å². The average molecular weight is 359 g/mol. The van der Waals surface area contributed by atoms with Gasteiger partial charge in [-0.2, -0.15) is 0 Å². The Kier molecular flexibility index (Phi) is 7.02. The van der Waals surface area contributed by atoms with Crippen LogP contribution in [0.2, 0.25) is 5.02 Å². The molecule has 0 aromatic heterocycles. The number of benzene rings is 2. The molecule has 1 unspecified atom stereocenters. The first-order valence-corrected chi connectivity index (χ1v) is 8.88. The lowest BCUT2D eigenvalue weighted by atomic mass is 9.95. The highest BCUT2D eigenvalue weighted by atomic mass is 35.5. The smallest absolute Gasteiger partial charge is 0.252 e. The van der Waals surface area contributed by atoms with E-state index in [0.717, 1.165) is 12.0 Å². The number of carbonyl (C=O) groups excluding carboxylic acids is 2. The summed E-state index contributed by atoms with van der Waals surface area (Å²) in [7, 11) is 0. The summed E-state index contributed by atoms with van der Waals surface area (Å²) in [6.45, 7) is 4.56. The molecule has 25 heavy (non-hydrogen) atoms. The maximum Gasteiger partial charge on any atom is 0.252 e. The highest BCUT2D eigenvalue weighted by molar-refractivity contribution is 6.34. The fraction of sp³-hybridized carbons (Fsp3) is 0.300. The normalized spacial score (nSPS) is 11.6. The molecule has 0 aliphatic carbocycles. The molecular formula is C20H23ClN2O2. The van der Waals surface area contributed by atoms with Crippen LogP contribution >= 0.6 is 11.6 Å². The standard InChI is InChI=1S/C20H23ClN2O2/c1-3-12-22-19(24)17-11-10-15(13-18(17)21)23-20(25)16(4-2)14-8-6-5-7-9-14/h5-11,13,16H,3-4,12H2,1-2H3,(H,22,24)(H,23,25). The maximum absolute atomic E-state index is 12.6. The first kappa shape index (κ1) is 19.0. The Morgan fingerprint density at radius 1 is 1.08 bits per heavy atom. The number of nitrogens with one attached hydrogen (secondary N) is 2. The molecule has 2 amide bonds. The molecule has 0 aliphatic rings. The summed E-state index contributed by atoms with van der Waals surface area (Å²) in [4.78, 5) is 24.6. The molecule has 2 rings (SSSR count). The number of amides is 2. The molecular weight excluding hydrogens is 336 g/mol. The number of hydrogen-bond acceptors (Lipinski definition) is 2. The van der Waals surface area contributed by atoms with E-state index in [0.29, 0.717) is 29.2 Å². The van der Waals surface area contributed by atoms with Gasteiger partial charge in [-0.15, -0.1) is 0 Å². The predicted octanol–water partition coefficient (Wildman–Crippen LogP) is 4.61. The Balaban J connectivity index is 2.10. The SMILES string of the molecule is CCCNC(=O)c1ccc(NC(=O)C(CC)c2ccccc2)cc1Cl. The van der Waals surface area contributed by atoms with Gasteiger partial charge in [0.1, 0.15) is 0 Å². The molecule has 2 N–H and O–H groups in total. The van der Waals surface area contributed by atoms with Crippen LogP contribution in [-0.2, 0) is 4.79 Å². The molecule has 0 saturated heterocycles. The zero-order chi connectivity index (χ0) is 18.2. The van der Waals surface area contributed by atoms with Crippen molar-refractivity contribution < 1.29 is 9.59 Å². The molecule has 5 heteroatoms. The van der Waals surface area contributed by atoms with Crippen LogP contribution in [-0.4, -0.2) is 18.4 Å². The molecule has 4 nitrogen and oxygen atoms in total. The minimum absolute atomic E-state index is 0.0899. The summed E-state index contributed by atoms with van der Waals surface area (Å²) < 4.78 is 0. The lowest BCUT2D eigenvalue weighted by Gasteiger charge is -2.16. The first-order chi connectivity index (χ1) is 12.1. The van der Waals surface area contributed by atoms with Crippen LogP contribution in [0.3, 0.4) is 0 Å². The van der Waals surface area contributed by atoms with Crippen molar-refractivity contribution in [2.24, 2.45) is 0 Å². The van der Waals surface area contributed by atoms with Gasteiger partial charge >= 0.3 is 0 Å². The van der Waals surface area contributed by atoms with Gasteiger partial charge in [0.15, 0.2) is 0 Å². The third-order valence-corrected chi connectivity index (χ3v) is 4.26. The number of carbonyl (C=O) groups is 2. The summed E-state index contributed by atoms with van der Waals surface area (Å²) in [6.07, 6.45) is 1.55. The quantitative estimate of drug-likeness (QED) is 0.759. The highest BCUT2D eigenvalue weighted by Gasteiger charge is 2.19. The predicted molar refractivity (Wildman–Crippen MR) is 102 cm³/mol. The molecule has 2 aromatic rings. The van der Waals surface area contributed by atoms with Gasteiger partial charge in [0.05, 0.1) is 16.5 Å². The summed E-state index contributed by atoms with van der Waals surface area (Å²) in [5.74, 6) is -0.527. The average Bonchev–Trinajstić information content (AvgIpc) is 2.61. The number of halogens is 1. The highest BCUT2D eigenvalue weighted by Crippen LogP contribution is 2.24. The fourth-order valence-corrected chi connectivity index (χ4v) is 2.86. The second-order valence-electron chi connectivity index (χ2n) is 5.81. The van der Waals surface area contributed by atoms with Crippen LogP contribution < -0.4 is 10.6 Å². The topological polar surface area (TPSA) is 58.2 Å². The van der Waals surface area contributed by atoms with Gasteiger partial charge in [-0.05, 0) is 36.6 Å². The molecule has 0 saturated carbocycles. The molecule has 0 spiro atoms. The van der Waals surface area contributed by atoms with E-state index >= 15 is 0 Å². The number of rotatable bonds is 7. The zero-order valence-corrected chi connectivity index (χ0v) is 15.3. The van der Waals surface area contributed by atoms with E-state index < -0.39 is 0 Å². The van der Waals surface area contributed by atoms with Crippen LogP contribution in [0, 0.1) is 0 Å². The Labute approximate surface area is 153 Å². The van der Waals surface area contributed by atoms with Crippen molar-refractivity contribution >= 4 is 29.1 Å². The zero-order valence-electron chi connectivity index (χ0n) is 14.5. The van der Waals surface area contributed by atoms with Crippen molar-refractivity contribution in [2.45, 2.75) is 32.6 Å². The van der Waals surface area contributed by atoms with Gasteiger partial charge in [-0.3, -0.25) is 9.59 Å². The van der Waals surface area contributed by atoms with Crippen LogP contribution in [0.1, 0.15) is 48.5 Å². The van der Waals surface area contributed by atoms with E-state index in [1.165, 1.54) is 0 Å². The van der Waals surface area contributed by atoms with E-state index in [9.17, 15) is 9.59 Å². The van der Waals surface area contributed by atoms with E-state index in [2.05, 4.69) is 10.6 Å². The monoisotopic (exact) mass is 358 g/mol. The van der Waals surface area contributed by atoms with Crippen molar-refractivity contribution in [3.8, 4) is 0 Å². The molecule has 0 radical (unpaired) electrons. The molecule has 0 aliphatic heterocycles. The number of hydrogen-bond donors (Lipinski definition) is 2. The summed E-state index contributed by atoms with van der Waals surface area (Å²) >= 11 is 6.20. The second-order valence-corrected chi connectivity index (χ2v) is 6.22. The molecule has 1 atom stereocenters. The van der Waals surface area contributed by atoms with E-state index in [1.807, 2.05) is 44.2 Å². The van der Waals surface area contributed by atoms with Crippen molar-refractivity contribution in [1.29, 1.82) is 0 Å². The fourth-order valence-electron chi connectivity index (χ4n) is 2.60. The second kappa shape index (κ2) is 9.23. The lowest BCUT2D eigenvalue weighted by molar-refractivity contribution is -0.117. The van der Waals surface area contributed by atoms with E-state index in [4.69, 9.17) is 11.6 Å². The van der Waals surface area contributed by atoms with Gasteiger partial charge < -0.3 is 10.6 Å². The van der Waals surface area contributed by atoms with Crippen molar-refractivity contribution in [2.75, 3.05) is 11.9 Å². The van der Waals surface area contributed by atoms with E-state index in [1.54, 1.807) is 18.2 Å². The van der Waals surface area contributed by atoms with Gasteiger partial charge in [0, 0.05) is 12.2 Å². The minimum atomic E-state index is -0.229. The molecule has 0 heterocycles. The van der Waals surface area contributed by atoms with Gasteiger partial charge in [-0.25, -0.2) is 0 Å². The minimum Gasteiger partial charge on any atom is -0.352 e. The van der Waals surface area contributed by atoms with Crippen LogP contribution in [0.5, 0.6) is 0 Å². The summed E-state index contributed by atoms with van der Waals surface area (Å²) in [5, 5.41) is 5.99. The third-order valence-electron chi connectivity index (χ3n) is 3.94. The van der Waals surface area contributed by atoms with Crippen LogP contribution in [0.15, 0.2) is 48.5 Å². The van der Waals surface area contributed by atoms with Crippen molar-refractivity contribution in [1.82, 2.24) is 5.32 Å². The van der Waals surface area contributed by atoms with E-state index in [-0.39, 0.29) is 17.7 Å². The van der Waals surface area contributed by atoms with Crippen molar-refractivity contribution in [3.05, 3.63) is 64.7 Å². The molecule has 132 valence electrons. The summed E-state index contributed by atoms with van der Waals surface area (Å²) in [6, 6.07) is 14.6.